The summed E-state index contributed by atoms with van der Waals surface area (Å²) in [7, 11) is 0. The van der Waals surface area contributed by atoms with Gasteiger partial charge in [-0.05, 0) is 19.3 Å². The molecule has 2 rings (SSSR count). The lowest BCUT2D eigenvalue weighted by Gasteiger charge is -2.00. The van der Waals surface area contributed by atoms with Gasteiger partial charge in [0, 0.05) is 16.5 Å². The van der Waals surface area contributed by atoms with Crippen molar-refractivity contribution in [3.05, 3.63) is 22.1 Å². The Morgan fingerprint density at radius 1 is 1.33 bits per heavy atom. The van der Waals surface area contributed by atoms with E-state index in [4.69, 9.17) is 0 Å². The van der Waals surface area contributed by atoms with Crippen LogP contribution in [-0.4, -0.2) is 9.97 Å². The molecular formula is C11H14N2S2. The normalized spacial score (nSPS) is 11.2. The monoisotopic (exact) mass is 238 g/mol. The average Bonchev–Trinajstić information content (AvgIpc) is 2.75. The van der Waals surface area contributed by atoms with Gasteiger partial charge >= 0.3 is 0 Å². The lowest BCUT2D eigenvalue weighted by Crippen LogP contribution is -1.92. The molecule has 0 aliphatic rings. The lowest BCUT2D eigenvalue weighted by molar-refractivity contribution is 0.651. The fourth-order valence-corrected chi connectivity index (χ4v) is 3.36. The van der Waals surface area contributed by atoms with Crippen molar-refractivity contribution in [3.63, 3.8) is 0 Å². The number of aromatic nitrogens is 2. The number of rotatable bonds is 3. The van der Waals surface area contributed by atoms with Crippen LogP contribution in [-0.2, 0) is 6.42 Å². The van der Waals surface area contributed by atoms with Gasteiger partial charge in [-0.15, -0.1) is 22.7 Å². The van der Waals surface area contributed by atoms with Crippen molar-refractivity contribution in [1.82, 2.24) is 9.97 Å². The smallest absolute Gasteiger partial charge is 0.152 e. The fraction of sp³-hybridized carbons (Fsp3) is 0.455. The molecule has 0 spiro atoms. The lowest BCUT2D eigenvalue weighted by atomic mass is 10.1. The second-order valence-corrected chi connectivity index (χ2v) is 5.94. The van der Waals surface area contributed by atoms with Gasteiger partial charge in [-0.3, -0.25) is 0 Å². The molecular weight excluding hydrogens is 224 g/mol. The van der Waals surface area contributed by atoms with Crippen molar-refractivity contribution in [2.45, 2.75) is 27.2 Å². The third-order valence-corrected chi connectivity index (χ3v) is 4.20. The van der Waals surface area contributed by atoms with Crippen LogP contribution in [0.4, 0.5) is 0 Å². The van der Waals surface area contributed by atoms with Gasteiger partial charge < -0.3 is 0 Å². The van der Waals surface area contributed by atoms with Gasteiger partial charge in [-0.2, -0.15) is 0 Å². The van der Waals surface area contributed by atoms with Crippen LogP contribution >= 0.6 is 22.7 Å². The number of hydrogen-bond donors (Lipinski definition) is 0. The summed E-state index contributed by atoms with van der Waals surface area (Å²) < 4.78 is 0. The van der Waals surface area contributed by atoms with Crippen LogP contribution in [0.1, 0.15) is 24.4 Å². The molecule has 0 aliphatic heterocycles. The second-order valence-electron chi connectivity index (χ2n) is 3.96. The number of aryl methyl sites for hydroxylation is 1. The van der Waals surface area contributed by atoms with Crippen LogP contribution < -0.4 is 0 Å². The summed E-state index contributed by atoms with van der Waals surface area (Å²) >= 11 is 3.44. The summed E-state index contributed by atoms with van der Waals surface area (Å²) in [5.74, 6) is 0.688. The van der Waals surface area contributed by atoms with Crippen LogP contribution in [0.15, 0.2) is 11.6 Å². The summed E-state index contributed by atoms with van der Waals surface area (Å²) in [6, 6.07) is 0. The average molecular weight is 238 g/mol. The molecule has 0 aromatic carbocycles. The van der Waals surface area contributed by atoms with Crippen LogP contribution in [0, 0.1) is 12.8 Å². The topological polar surface area (TPSA) is 25.8 Å². The van der Waals surface area contributed by atoms with Gasteiger partial charge in [-0.1, -0.05) is 13.8 Å². The van der Waals surface area contributed by atoms with E-state index in [0.29, 0.717) is 5.92 Å². The van der Waals surface area contributed by atoms with Crippen LogP contribution in [0.5, 0.6) is 0 Å². The van der Waals surface area contributed by atoms with E-state index in [1.165, 1.54) is 10.6 Å². The highest BCUT2D eigenvalue weighted by Crippen LogP contribution is 2.30. The molecule has 15 heavy (non-hydrogen) atoms. The summed E-state index contributed by atoms with van der Waals surface area (Å²) in [5, 5.41) is 4.10. The van der Waals surface area contributed by atoms with E-state index in [1.54, 1.807) is 22.7 Å². The molecule has 2 nitrogen and oxygen atoms in total. The Balaban J connectivity index is 2.29. The molecule has 2 aromatic rings. The van der Waals surface area contributed by atoms with E-state index in [9.17, 15) is 0 Å². The zero-order chi connectivity index (χ0) is 10.8. The highest BCUT2D eigenvalue weighted by atomic mass is 32.1. The minimum Gasteiger partial charge on any atom is -0.242 e. The molecule has 0 saturated carbocycles. The predicted octanol–water partition coefficient (Wildman–Crippen LogP) is 3.77. The van der Waals surface area contributed by atoms with Crippen molar-refractivity contribution >= 4 is 22.7 Å². The molecule has 0 bridgehead atoms. The third kappa shape index (κ3) is 2.44. The fourth-order valence-electron chi connectivity index (χ4n) is 1.41. The minimum atomic E-state index is 0.688. The van der Waals surface area contributed by atoms with Gasteiger partial charge in [0.2, 0.25) is 0 Å². The summed E-state index contributed by atoms with van der Waals surface area (Å²) in [6.07, 6.45) is 2.95. The first-order valence-corrected chi connectivity index (χ1v) is 6.72. The van der Waals surface area contributed by atoms with Crippen LogP contribution in [0.25, 0.3) is 10.0 Å². The molecule has 2 heterocycles. The third-order valence-electron chi connectivity index (χ3n) is 2.10. The highest BCUT2D eigenvalue weighted by Gasteiger charge is 2.11. The molecule has 0 unspecified atom stereocenters. The molecule has 0 atom stereocenters. The molecule has 0 N–H and O–H groups in total. The van der Waals surface area contributed by atoms with Gasteiger partial charge in [0.05, 0.1) is 5.69 Å². The van der Waals surface area contributed by atoms with Crippen molar-refractivity contribution < 1.29 is 0 Å². The Hall–Kier alpha value is -0.740. The molecule has 80 valence electrons. The molecule has 4 heteroatoms. The molecule has 0 aliphatic carbocycles. The summed E-state index contributed by atoms with van der Waals surface area (Å²) in [6.45, 7) is 6.57. The van der Waals surface area contributed by atoms with Crippen molar-refractivity contribution in [3.8, 4) is 10.0 Å². The maximum atomic E-state index is 4.57. The Morgan fingerprint density at radius 2 is 2.13 bits per heavy atom. The number of hydrogen-bond acceptors (Lipinski definition) is 4. The van der Waals surface area contributed by atoms with E-state index in [1.807, 2.05) is 11.6 Å². The minimum absolute atomic E-state index is 0.688. The van der Waals surface area contributed by atoms with Gasteiger partial charge in [0.15, 0.2) is 10.0 Å². The Kier molecular flexibility index (Phi) is 3.17. The number of nitrogens with zero attached hydrogens (tertiary/aromatic N) is 2. The maximum Gasteiger partial charge on any atom is 0.152 e. The quantitative estimate of drug-likeness (QED) is 0.813. The van der Waals surface area contributed by atoms with Gasteiger partial charge in [0.25, 0.3) is 0 Å². The zero-order valence-corrected chi connectivity index (χ0v) is 10.8. The zero-order valence-electron chi connectivity index (χ0n) is 9.15. The predicted molar refractivity (Wildman–Crippen MR) is 66.5 cm³/mol. The van der Waals surface area contributed by atoms with Crippen molar-refractivity contribution in [2.24, 2.45) is 5.92 Å². The summed E-state index contributed by atoms with van der Waals surface area (Å²) in [4.78, 5) is 10.3. The SMILES string of the molecule is Cc1nc(-c2nccs2)sc1CC(C)C. The van der Waals surface area contributed by atoms with E-state index < -0.39 is 0 Å². The molecule has 0 amide bonds. The number of thiazole rings is 2. The molecule has 0 fully saturated rings. The Labute approximate surface area is 98.0 Å². The Morgan fingerprint density at radius 3 is 2.73 bits per heavy atom. The molecule has 0 saturated heterocycles. The standard InChI is InChI=1S/C11H14N2S2/c1-7(2)6-9-8(3)13-11(15-9)10-12-4-5-14-10/h4-5,7H,6H2,1-3H3. The van der Waals surface area contributed by atoms with E-state index >= 15 is 0 Å². The van der Waals surface area contributed by atoms with Gasteiger partial charge in [0.1, 0.15) is 0 Å². The van der Waals surface area contributed by atoms with Crippen molar-refractivity contribution in [2.75, 3.05) is 0 Å². The first-order valence-electron chi connectivity index (χ1n) is 5.03. The van der Waals surface area contributed by atoms with E-state index in [2.05, 4.69) is 30.7 Å². The highest BCUT2D eigenvalue weighted by molar-refractivity contribution is 7.20. The second kappa shape index (κ2) is 4.41. The maximum absolute atomic E-state index is 4.57. The van der Waals surface area contributed by atoms with Gasteiger partial charge in [-0.25, -0.2) is 9.97 Å². The summed E-state index contributed by atoms with van der Waals surface area (Å²) in [5.41, 5.74) is 1.17. The van der Waals surface area contributed by atoms with E-state index in [0.717, 1.165) is 16.4 Å². The van der Waals surface area contributed by atoms with Crippen LogP contribution in [0.2, 0.25) is 0 Å². The Bertz CT molecular complexity index is 429. The first-order chi connectivity index (χ1) is 7.16. The van der Waals surface area contributed by atoms with Crippen LogP contribution in [0.3, 0.4) is 0 Å². The van der Waals surface area contributed by atoms with Crippen molar-refractivity contribution in [1.29, 1.82) is 0 Å². The van der Waals surface area contributed by atoms with E-state index in [-0.39, 0.29) is 0 Å². The largest absolute Gasteiger partial charge is 0.242 e. The molecule has 2 aromatic heterocycles. The molecule has 0 radical (unpaired) electrons. The first kappa shape index (κ1) is 10.8.